The second-order valence-corrected chi connectivity index (χ2v) is 7.84. The van der Waals surface area contributed by atoms with Crippen molar-refractivity contribution in [2.45, 2.75) is 50.4 Å². The first-order chi connectivity index (χ1) is 12.2. The minimum absolute atomic E-state index is 0.128. The lowest BCUT2D eigenvalue weighted by Gasteiger charge is -2.39. The molecule has 6 heteroatoms. The molecule has 2 atom stereocenters. The van der Waals surface area contributed by atoms with Gasteiger partial charge in [-0.15, -0.1) is 0 Å². The molecule has 1 amide bonds. The van der Waals surface area contributed by atoms with Crippen LogP contribution in [0.2, 0.25) is 0 Å². The second kappa shape index (κ2) is 7.30. The molecule has 1 aromatic heterocycles. The molecule has 2 aliphatic heterocycles. The van der Waals surface area contributed by atoms with Gasteiger partial charge in [-0.25, -0.2) is 0 Å². The van der Waals surface area contributed by atoms with Gasteiger partial charge in [0.15, 0.2) is 0 Å². The molecule has 1 aromatic carbocycles. The van der Waals surface area contributed by atoms with E-state index in [1.165, 1.54) is 0 Å². The Morgan fingerprint density at radius 1 is 1.16 bits per heavy atom. The highest BCUT2D eigenvalue weighted by Gasteiger charge is 2.43. The van der Waals surface area contributed by atoms with E-state index >= 15 is 0 Å². The molecular weight excluding hydrogens is 382 g/mol. The fourth-order valence-electron chi connectivity index (χ4n) is 4.19. The fourth-order valence-corrected chi connectivity index (χ4v) is 4.49. The van der Waals surface area contributed by atoms with E-state index in [1.807, 2.05) is 47.4 Å². The molecular formula is C19H22BrN3O2. The highest BCUT2D eigenvalue weighted by atomic mass is 79.9. The number of halogens is 1. The van der Waals surface area contributed by atoms with E-state index in [0.29, 0.717) is 24.7 Å². The van der Waals surface area contributed by atoms with Crippen molar-refractivity contribution in [2.75, 3.05) is 6.61 Å². The molecule has 2 aromatic rings. The van der Waals surface area contributed by atoms with Crippen LogP contribution in [0.3, 0.4) is 0 Å². The van der Waals surface area contributed by atoms with Gasteiger partial charge in [0.25, 0.3) is 0 Å². The van der Waals surface area contributed by atoms with Crippen molar-refractivity contribution in [3.63, 3.8) is 0 Å². The predicted octanol–water partition coefficient (Wildman–Crippen LogP) is 3.56. The number of benzene rings is 1. The van der Waals surface area contributed by atoms with Crippen LogP contribution in [-0.2, 0) is 16.1 Å². The van der Waals surface area contributed by atoms with E-state index in [1.54, 1.807) is 0 Å². The molecule has 2 aliphatic rings. The summed E-state index contributed by atoms with van der Waals surface area (Å²) in [6.45, 7) is 0.652. The van der Waals surface area contributed by atoms with Crippen molar-refractivity contribution in [2.24, 2.45) is 0 Å². The van der Waals surface area contributed by atoms with Crippen LogP contribution >= 0.6 is 15.9 Å². The van der Waals surface area contributed by atoms with Gasteiger partial charge in [0.2, 0.25) is 5.91 Å². The van der Waals surface area contributed by atoms with Crippen molar-refractivity contribution in [1.29, 1.82) is 0 Å². The van der Waals surface area contributed by atoms with Gasteiger partial charge < -0.3 is 9.64 Å². The summed E-state index contributed by atoms with van der Waals surface area (Å²) in [5, 5.41) is 4.43. The van der Waals surface area contributed by atoms with E-state index < -0.39 is 0 Å². The Morgan fingerprint density at radius 3 is 2.52 bits per heavy atom. The summed E-state index contributed by atoms with van der Waals surface area (Å²) in [6.07, 6.45) is 8.01. The summed E-state index contributed by atoms with van der Waals surface area (Å²) in [5.41, 5.74) is 1.10. The number of carbonyl (C=O) groups excluding carboxylic acids is 1. The van der Waals surface area contributed by atoms with Gasteiger partial charge in [-0.1, -0.05) is 30.3 Å². The summed E-state index contributed by atoms with van der Waals surface area (Å²) >= 11 is 3.46. The van der Waals surface area contributed by atoms with Gasteiger partial charge >= 0.3 is 0 Å². The number of nitrogens with zero attached hydrogens (tertiary/aromatic N) is 3. The number of piperidine rings is 1. The third-order valence-electron chi connectivity index (χ3n) is 5.28. The number of amides is 1. The van der Waals surface area contributed by atoms with E-state index in [-0.39, 0.29) is 12.5 Å². The van der Waals surface area contributed by atoms with Crippen LogP contribution in [0.25, 0.3) is 0 Å². The Hall–Kier alpha value is -1.66. The minimum atomic E-state index is 0.128. The van der Waals surface area contributed by atoms with Crippen molar-refractivity contribution < 1.29 is 9.53 Å². The highest BCUT2D eigenvalue weighted by Crippen LogP contribution is 2.40. The van der Waals surface area contributed by atoms with Gasteiger partial charge in [0.1, 0.15) is 6.61 Å². The number of hydrogen-bond acceptors (Lipinski definition) is 3. The predicted molar refractivity (Wildman–Crippen MR) is 98.0 cm³/mol. The molecule has 2 bridgehead atoms. The third kappa shape index (κ3) is 3.65. The molecule has 0 radical (unpaired) electrons. The van der Waals surface area contributed by atoms with Crippen molar-refractivity contribution in [1.82, 2.24) is 14.7 Å². The maximum Gasteiger partial charge on any atom is 0.249 e. The first kappa shape index (κ1) is 16.8. The maximum absolute atomic E-state index is 12.7. The monoisotopic (exact) mass is 403 g/mol. The molecule has 4 rings (SSSR count). The Labute approximate surface area is 156 Å². The van der Waals surface area contributed by atoms with Crippen LogP contribution in [0.4, 0.5) is 0 Å². The molecule has 0 aliphatic carbocycles. The van der Waals surface area contributed by atoms with Gasteiger partial charge in [0.05, 0.1) is 23.3 Å². The normalized spacial score (nSPS) is 25.3. The van der Waals surface area contributed by atoms with E-state index in [9.17, 15) is 4.79 Å². The Balaban J connectivity index is 1.33. The highest BCUT2D eigenvalue weighted by molar-refractivity contribution is 9.10. The number of fused-ring (bicyclic) bond motifs is 2. The van der Waals surface area contributed by atoms with Gasteiger partial charge in [-0.2, -0.15) is 5.10 Å². The van der Waals surface area contributed by atoms with Crippen LogP contribution in [0, 0.1) is 0 Å². The zero-order chi connectivity index (χ0) is 17.2. The summed E-state index contributed by atoms with van der Waals surface area (Å²) in [4.78, 5) is 14.8. The van der Waals surface area contributed by atoms with Crippen LogP contribution in [0.15, 0.2) is 47.2 Å². The lowest BCUT2D eigenvalue weighted by Crippen LogP contribution is -2.48. The largest absolute Gasteiger partial charge is 0.367 e. The third-order valence-corrected chi connectivity index (χ3v) is 5.69. The Bertz CT molecular complexity index is 719. The molecule has 0 spiro atoms. The molecule has 5 nitrogen and oxygen atoms in total. The molecule has 132 valence electrons. The first-order valence-corrected chi connectivity index (χ1v) is 9.62. The summed E-state index contributed by atoms with van der Waals surface area (Å²) in [7, 11) is 0. The quantitative estimate of drug-likeness (QED) is 0.766. The molecule has 3 heterocycles. The van der Waals surface area contributed by atoms with E-state index in [4.69, 9.17) is 4.74 Å². The van der Waals surface area contributed by atoms with Gasteiger partial charge in [0, 0.05) is 18.3 Å². The zero-order valence-electron chi connectivity index (χ0n) is 14.1. The molecule has 2 unspecified atom stereocenters. The maximum atomic E-state index is 12.7. The fraction of sp³-hybridized carbons (Fsp3) is 0.474. The van der Waals surface area contributed by atoms with Crippen molar-refractivity contribution in [3.8, 4) is 0 Å². The average Bonchev–Trinajstić information content (AvgIpc) is 3.17. The average molecular weight is 404 g/mol. The van der Waals surface area contributed by atoms with E-state index in [0.717, 1.165) is 35.7 Å². The lowest BCUT2D eigenvalue weighted by molar-refractivity contribution is -0.141. The summed E-state index contributed by atoms with van der Waals surface area (Å²) in [6, 6.07) is 11.0. The summed E-state index contributed by atoms with van der Waals surface area (Å²) in [5.74, 6) is 0.128. The second-order valence-electron chi connectivity index (χ2n) is 6.93. The lowest BCUT2D eigenvalue weighted by atomic mass is 9.97. The molecule has 25 heavy (non-hydrogen) atoms. The number of carbonyl (C=O) groups is 1. The number of rotatable bonds is 5. The number of hydrogen-bond donors (Lipinski definition) is 0. The molecule has 0 saturated carbocycles. The van der Waals surface area contributed by atoms with Gasteiger partial charge in [-0.05, 0) is 47.2 Å². The molecule has 2 fully saturated rings. The van der Waals surface area contributed by atoms with Crippen LogP contribution < -0.4 is 0 Å². The number of aromatic nitrogens is 2. The zero-order valence-corrected chi connectivity index (χ0v) is 15.6. The Kier molecular flexibility index (Phi) is 4.90. The van der Waals surface area contributed by atoms with Gasteiger partial charge in [-0.3, -0.25) is 9.48 Å². The molecule has 0 N–H and O–H groups in total. The van der Waals surface area contributed by atoms with Crippen LogP contribution in [-0.4, -0.2) is 39.3 Å². The SMILES string of the molecule is O=C(COCc1ccccc1)N1C2CCC1CC(n1cc(Br)cn1)C2. The van der Waals surface area contributed by atoms with Crippen molar-refractivity contribution in [3.05, 3.63) is 52.8 Å². The Morgan fingerprint density at radius 2 is 1.88 bits per heavy atom. The number of ether oxygens (including phenoxy) is 1. The van der Waals surface area contributed by atoms with Crippen LogP contribution in [0.5, 0.6) is 0 Å². The molecule has 2 saturated heterocycles. The standard InChI is InChI=1S/C19H22BrN3O2/c20-15-10-21-22(11-15)18-8-16-6-7-17(9-18)23(16)19(24)13-25-12-14-4-2-1-3-5-14/h1-5,10-11,16-18H,6-9,12-13H2. The minimum Gasteiger partial charge on any atom is -0.367 e. The first-order valence-electron chi connectivity index (χ1n) is 8.83. The summed E-state index contributed by atoms with van der Waals surface area (Å²) < 4.78 is 8.71. The van der Waals surface area contributed by atoms with E-state index in [2.05, 4.69) is 25.9 Å². The van der Waals surface area contributed by atoms with Crippen molar-refractivity contribution >= 4 is 21.8 Å². The van der Waals surface area contributed by atoms with Crippen LogP contribution in [0.1, 0.15) is 37.3 Å². The topological polar surface area (TPSA) is 47.4 Å². The smallest absolute Gasteiger partial charge is 0.249 e.